The fourth-order valence-corrected chi connectivity index (χ4v) is 2.28. The molecule has 1 N–H and O–H groups in total. The van der Waals surface area contributed by atoms with Crippen molar-refractivity contribution in [3.63, 3.8) is 0 Å². The monoisotopic (exact) mass is 249 g/mol. The second-order valence-corrected chi connectivity index (χ2v) is 6.22. The first-order valence-electron chi connectivity index (χ1n) is 5.01. The van der Waals surface area contributed by atoms with Crippen molar-refractivity contribution in [2.75, 3.05) is 18.6 Å². The molecule has 92 valence electrons. The molecule has 6 nitrogen and oxygen atoms in total. The SMILES string of the molecule is CS(=O)(=O)CCC(=O)N1CCC[C@@H]1C(=O)O. The van der Waals surface area contributed by atoms with Crippen LogP contribution in [0.1, 0.15) is 19.3 Å². The number of carbonyl (C=O) groups excluding carboxylic acids is 1. The number of likely N-dealkylation sites (tertiary alicyclic amines) is 1. The van der Waals surface area contributed by atoms with Crippen molar-refractivity contribution in [2.24, 2.45) is 0 Å². The maximum Gasteiger partial charge on any atom is 0.326 e. The fraction of sp³-hybridized carbons (Fsp3) is 0.778. The van der Waals surface area contributed by atoms with Crippen LogP contribution in [0.2, 0.25) is 0 Å². The van der Waals surface area contributed by atoms with Gasteiger partial charge in [0.1, 0.15) is 15.9 Å². The maximum atomic E-state index is 11.6. The lowest BCUT2D eigenvalue weighted by molar-refractivity contribution is -0.148. The summed E-state index contributed by atoms with van der Waals surface area (Å²) in [5.41, 5.74) is 0. The molecular formula is C9H15NO5S. The average molecular weight is 249 g/mol. The van der Waals surface area contributed by atoms with E-state index in [1.807, 2.05) is 0 Å². The average Bonchev–Trinajstić information content (AvgIpc) is 2.61. The first kappa shape index (κ1) is 13.0. The summed E-state index contributed by atoms with van der Waals surface area (Å²) in [5.74, 6) is -1.64. The predicted octanol–water partition coefficient (Wildman–Crippen LogP) is -0.503. The van der Waals surface area contributed by atoms with Crippen LogP contribution in [0.4, 0.5) is 0 Å². The third-order valence-electron chi connectivity index (χ3n) is 2.54. The van der Waals surface area contributed by atoms with Crippen LogP contribution in [0.15, 0.2) is 0 Å². The van der Waals surface area contributed by atoms with E-state index in [2.05, 4.69) is 0 Å². The van der Waals surface area contributed by atoms with E-state index in [0.717, 1.165) is 6.26 Å². The Bertz CT molecular complexity index is 389. The molecule has 1 saturated heterocycles. The number of carbonyl (C=O) groups is 2. The second-order valence-electron chi connectivity index (χ2n) is 3.96. The zero-order valence-corrected chi connectivity index (χ0v) is 9.87. The number of hydrogen-bond acceptors (Lipinski definition) is 4. The summed E-state index contributed by atoms with van der Waals surface area (Å²) >= 11 is 0. The van der Waals surface area contributed by atoms with Gasteiger partial charge in [0.15, 0.2) is 0 Å². The summed E-state index contributed by atoms with van der Waals surface area (Å²) in [7, 11) is -3.18. The van der Waals surface area contributed by atoms with Crippen molar-refractivity contribution in [1.82, 2.24) is 4.90 Å². The molecule has 0 bridgehead atoms. The predicted molar refractivity (Wildman–Crippen MR) is 56.7 cm³/mol. The summed E-state index contributed by atoms with van der Waals surface area (Å²) < 4.78 is 21.8. The van der Waals surface area contributed by atoms with Crippen LogP contribution >= 0.6 is 0 Å². The highest BCUT2D eigenvalue weighted by atomic mass is 32.2. The Kier molecular flexibility index (Phi) is 3.90. The highest BCUT2D eigenvalue weighted by molar-refractivity contribution is 7.90. The molecule has 0 aromatic carbocycles. The van der Waals surface area contributed by atoms with Gasteiger partial charge in [-0.05, 0) is 12.8 Å². The van der Waals surface area contributed by atoms with Gasteiger partial charge in [0, 0.05) is 19.2 Å². The summed E-state index contributed by atoms with van der Waals surface area (Å²) in [6, 6.07) is -0.785. The molecule has 1 rings (SSSR count). The lowest BCUT2D eigenvalue weighted by atomic mass is 10.2. The largest absolute Gasteiger partial charge is 0.480 e. The number of hydrogen-bond donors (Lipinski definition) is 1. The van der Waals surface area contributed by atoms with Gasteiger partial charge in [-0.1, -0.05) is 0 Å². The number of carboxylic acid groups (broad SMARTS) is 1. The molecule has 0 saturated carbocycles. The molecule has 1 amide bonds. The van der Waals surface area contributed by atoms with Gasteiger partial charge in [0.2, 0.25) is 5.91 Å². The van der Waals surface area contributed by atoms with Crippen LogP contribution < -0.4 is 0 Å². The normalized spacial score (nSPS) is 21.1. The van der Waals surface area contributed by atoms with Gasteiger partial charge < -0.3 is 10.0 Å². The molecule has 1 atom stereocenters. The molecule has 1 heterocycles. The van der Waals surface area contributed by atoms with Crippen molar-refractivity contribution in [3.05, 3.63) is 0 Å². The molecular weight excluding hydrogens is 234 g/mol. The molecule has 7 heteroatoms. The van der Waals surface area contributed by atoms with E-state index in [1.54, 1.807) is 0 Å². The number of aliphatic carboxylic acids is 1. The van der Waals surface area contributed by atoms with Crippen molar-refractivity contribution < 1.29 is 23.1 Å². The van der Waals surface area contributed by atoms with Gasteiger partial charge >= 0.3 is 5.97 Å². The number of carboxylic acids is 1. The van der Waals surface area contributed by atoms with Gasteiger partial charge in [-0.2, -0.15) is 0 Å². The third kappa shape index (κ3) is 3.48. The van der Waals surface area contributed by atoms with Crippen molar-refractivity contribution >= 4 is 21.7 Å². The molecule has 16 heavy (non-hydrogen) atoms. The van der Waals surface area contributed by atoms with Gasteiger partial charge in [-0.15, -0.1) is 0 Å². The minimum Gasteiger partial charge on any atom is -0.480 e. The zero-order chi connectivity index (χ0) is 12.3. The molecule has 0 unspecified atom stereocenters. The van der Waals surface area contributed by atoms with Crippen LogP contribution in [0.5, 0.6) is 0 Å². The van der Waals surface area contributed by atoms with E-state index < -0.39 is 27.8 Å². The van der Waals surface area contributed by atoms with Gasteiger partial charge in [-0.25, -0.2) is 13.2 Å². The van der Waals surface area contributed by atoms with E-state index in [4.69, 9.17) is 5.11 Å². The lowest BCUT2D eigenvalue weighted by Gasteiger charge is -2.21. The highest BCUT2D eigenvalue weighted by Gasteiger charge is 2.33. The molecule has 0 radical (unpaired) electrons. The van der Waals surface area contributed by atoms with Crippen LogP contribution in [0, 0.1) is 0 Å². The van der Waals surface area contributed by atoms with E-state index in [1.165, 1.54) is 4.90 Å². The van der Waals surface area contributed by atoms with Gasteiger partial charge in [0.25, 0.3) is 0 Å². The third-order valence-corrected chi connectivity index (χ3v) is 3.49. The van der Waals surface area contributed by atoms with Crippen LogP contribution in [-0.2, 0) is 19.4 Å². The Labute approximate surface area is 94.2 Å². The topological polar surface area (TPSA) is 91.8 Å². The number of sulfone groups is 1. The fourth-order valence-electron chi connectivity index (χ4n) is 1.74. The highest BCUT2D eigenvalue weighted by Crippen LogP contribution is 2.18. The second kappa shape index (κ2) is 4.82. The minimum atomic E-state index is -3.18. The standard InChI is InChI=1S/C9H15NO5S/c1-16(14,15)6-4-8(11)10-5-2-3-7(10)9(12)13/h7H,2-6H2,1H3,(H,12,13)/t7-/m1/s1. The molecule has 0 aliphatic carbocycles. The van der Waals surface area contributed by atoms with Crippen LogP contribution in [0.25, 0.3) is 0 Å². The summed E-state index contributed by atoms with van der Waals surface area (Å²) in [6.07, 6.45) is 2.02. The Morgan fingerprint density at radius 3 is 2.56 bits per heavy atom. The van der Waals surface area contributed by atoms with E-state index in [-0.39, 0.29) is 12.2 Å². The zero-order valence-electron chi connectivity index (χ0n) is 9.05. The van der Waals surface area contributed by atoms with Crippen molar-refractivity contribution in [3.8, 4) is 0 Å². The molecule has 0 aromatic heterocycles. The first-order valence-corrected chi connectivity index (χ1v) is 7.07. The lowest BCUT2D eigenvalue weighted by Crippen LogP contribution is -2.40. The summed E-state index contributed by atoms with van der Waals surface area (Å²) in [4.78, 5) is 23.7. The van der Waals surface area contributed by atoms with E-state index in [9.17, 15) is 18.0 Å². The van der Waals surface area contributed by atoms with Crippen LogP contribution in [-0.4, -0.2) is 54.9 Å². The maximum absolute atomic E-state index is 11.6. The van der Waals surface area contributed by atoms with Crippen molar-refractivity contribution in [1.29, 1.82) is 0 Å². The summed E-state index contributed by atoms with van der Waals surface area (Å²) in [6.45, 7) is 0.402. The molecule has 1 aliphatic heterocycles. The Hall–Kier alpha value is -1.11. The quantitative estimate of drug-likeness (QED) is 0.725. The minimum absolute atomic E-state index is 0.136. The molecule has 1 aliphatic rings. The van der Waals surface area contributed by atoms with Gasteiger partial charge in [0.05, 0.1) is 5.75 Å². The number of amides is 1. The first-order chi connectivity index (χ1) is 7.31. The van der Waals surface area contributed by atoms with Crippen molar-refractivity contribution in [2.45, 2.75) is 25.3 Å². The van der Waals surface area contributed by atoms with E-state index in [0.29, 0.717) is 19.4 Å². The molecule has 0 spiro atoms. The van der Waals surface area contributed by atoms with E-state index >= 15 is 0 Å². The smallest absolute Gasteiger partial charge is 0.326 e. The van der Waals surface area contributed by atoms with Gasteiger partial charge in [-0.3, -0.25) is 4.79 Å². The summed E-state index contributed by atoms with van der Waals surface area (Å²) in [5, 5.41) is 8.85. The Morgan fingerprint density at radius 2 is 2.06 bits per heavy atom. The Balaban J connectivity index is 2.57. The number of nitrogens with zero attached hydrogens (tertiary/aromatic N) is 1. The molecule has 1 fully saturated rings. The Morgan fingerprint density at radius 1 is 1.44 bits per heavy atom. The number of rotatable bonds is 4. The van der Waals surface area contributed by atoms with Crippen LogP contribution in [0.3, 0.4) is 0 Å². The molecule has 0 aromatic rings.